The van der Waals surface area contributed by atoms with E-state index in [9.17, 15) is 22.0 Å². The minimum Gasteiger partial charge on any atom is -0.345 e. The first-order chi connectivity index (χ1) is 12.3. The van der Waals surface area contributed by atoms with Crippen molar-refractivity contribution in [3.8, 4) is 0 Å². The van der Waals surface area contributed by atoms with E-state index in [1.54, 1.807) is 25.1 Å². The summed E-state index contributed by atoms with van der Waals surface area (Å²) in [5.74, 6) is -1.82. The Kier molecular flexibility index (Phi) is 4.95. The minimum atomic E-state index is -3.34. The summed E-state index contributed by atoms with van der Waals surface area (Å²) in [6.45, 7) is 1.97. The Morgan fingerprint density at radius 2 is 1.96 bits per heavy atom. The van der Waals surface area contributed by atoms with Crippen molar-refractivity contribution in [1.82, 2.24) is 5.32 Å². The smallest absolute Gasteiger partial charge is 0.251 e. The van der Waals surface area contributed by atoms with Crippen LogP contribution in [0, 0.1) is 11.6 Å². The number of sulfonamides is 1. The maximum atomic E-state index is 13.8. The van der Waals surface area contributed by atoms with E-state index in [1.165, 1.54) is 16.4 Å². The third kappa shape index (κ3) is 3.70. The van der Waals surface area contributed by atoms with Crippen LogP contribution in [0.4, 0.5) is 14.5 Å². The Balaban J connectivity index is 1.79. The lowest BCUT2D eigenvalue weighted by atomic mass is 10.1. The molecule has 2 aromatic carbocycles. The van der Waals surface area contributed by atoms with Gasteiger partial charge in [-0.3, -0.25) is 9.10 Å². The van der Waals surface area contributed by atoms with Crippen LogP contribution in [0.25, 0.3) is 0 Å². The molecule has 0 bridgehead atoms. The lowest BCUT2D eigenvalue weighted by Crippen LogP contribution is -2.28. The first-order valence-electron chi connectivity index (χ1n) is 8.14. The highest BCUT2D eigenvalue weighted by atomic mass is 32.2. The predicted octanol–water partition coefficient (Wildman–Crippen LogP) is 3.00. The molecule has 0 unspecified atom stereocenters. The molecule has 5 nitrogen and oxygen atoms in total. The van der Waals surface area contributed by atoms with Gasteiger partial charge in [0.15, 0.2) is 0 Å². The second kappa shape index (κ2) is 7.03. The highest BCUT2D eigenvalue weighted by Gasteiger charge is 2.28. The number of benzene rings is 2. The molecule has 2 aromatic rings. The zero-order valence-corrected chi connectivity index (χ0v) is 14.9. The molecule has 1 aliphatic rings. The Hall–Kier alpha value is -2.48. The Labute approximate surface area is 150 Å². The first-order valence-corrected chi connectivity index (χ1v) is 9.75. The third-order valence-corrected chi connectivity index (χ3v) is 6.14. The van der Waals surface area contributed by atoms with Crippen molar-refractivity contribution < 1.29 is 22.0 Å². The highest BCUT2D eigenvalue weighted by molar-refractivity contribution is 7.93. The van der Waals surface area contributed by atoms with Gasteiger partial charge in [0.25, 0.3) is 5.91 Å². The molecule has 0 radical (unpaired) electrons. The van der Waals surface area contributed by atoms with Gasteiger partial charge in [0.2, 0.25) is 10.0 Å². The van der Waals surface area contributed by atoms with E-state index < -0.39 is 33.6 Å². The van der Waals surface area contributed by atoms with Crippen LogP contribution < -0.4 is 9.62 Å². The normalized spacial score (nSPS) is 17.1. The molecule has 0 saturated carbocycles. The van der Waals surface area contributed by atoms with Gasteiger partial charge in [-0.15, -0.1) is 0 Å². The molecule has 1 N–H and O–H groups in total. The number of hydrogen-bond donors (Lipinski definition) is 1. The summed E-state index contributed by atoms with van der Waals surface area (Å²) < 4.78 is 52.2. The van der Waals surface area contributed by atoms with Crippen LogP contribution in [0.2, 0.25) is 0 Å². The standard InChI is InChI=1S/C18H18F2N2O3S/c1-12(16-7-6-14(19)11-17(16)20)21-18(23)13-4-2-5-15(10-13)22-8-3-9-26(22,24)25/h2,4-7,10-12H,3,8-9H2,1H3,(H,21,23)/t12-/m1/s1. The molecule has 26 heavy (non-hydrogen) atoms. The fourth-order valence-electron chi connectivity index (χ4n) is 2.94. The molecule has 0 spiro atoms. The largest absolute Gasteiger partial charge is 0.345 e. The number of anilines is 1. The molecule has 1 aliphatic heterocycles. The van der Waals surface area contributed by atoms with E-state index in [-0.39, 0.29) is 16.9 Å². The molecule has 1 atom stereocenters. The molecular formula is C18H18F2N2O3S. The van der Waals surface area contributed by atoms with Gasteiger partial charge in [-0.1, -0.05) is 12.1 Å². The maximum absolute atomic E-state index is 13.8. The van der Waals surface area contributed by atoms with Crippen molar-refractivity contribution in [3.05, 3.63) is 65.2 Å². The number of hydrogen-bond acceptors (Lipinski definition) is 3. The van der Waals surface area contributed by atoms with Crippen molar-refractivity contribution in [2.75, 3.05) is 16.6 Å². The average Bonchev–Trinajstić information content (AvgIpc) is 2.94. The Morgan fingerprint density at radius 1 is 1.19 bits per heavy atom. The van der Waals surface area contributed by atoms with Crippen molar-refractivity contribution >= 4 is 21.6 Å². The molecular weight excluding hydrogens is 362 g/mol. The van der Waals surface area contributed by atoms with Crippen LogP contribution in [0.1, 0.15) is 35.3 Å². The molecule has 0 aromatic heterocycles. The van der Waals surface area contributed by atoms with E-state index in [4.69, 9.17) is 0 Å². The summed E-state index contributed by atoms with van der Waals surface area (Å²) in [7, 11) is -3.34. The Bertz CT molecular complexity index is 947. The van der Waals surface area contributed by atoms with Crippen molar-refractivity contribution in [1.29, 1.82) is 0 Å². The van der Waals surface area contributed by atoms with E-state index in [1.807, 2.05) is 0 Å². The minimum absolute atomic E-state index is 0.0876. The van der Waals surface area contributed by atoms with E-state index in [0.29, 0.717) is 18.7 Å². The van der Waals surface area contributed by atoms with Gasteiger partial charge in [0.1, 0.15) is 11.6 Å². The third-order valence-electron chi connectivity index (χ3n) is 4.27. The van der Waals surface area contributed by atoms with Crippen molar-refractivity contribution in [3.63, 3.8) is 0 Å². The molecule has 1 heterocycles. The molecule has 3 rings (SSSR count). The lowest BCUT2D eigenvalue weighted by Gasteiger charge is -2.19. The van der Waals surface area contributed by atoms with Crippen LogP contribution in [-0.4, -0.2) is 26.6 Å². The first kappa shape index (κ1) is 18.3. The topological polar surface area (TPSA) is 66.5 Å². The molecule has 8 heteroatoms. The van der Waals surface area contributed by atoms with Crippen LogP contribution in [0.3, 0.4) is 0 Å². The van der Waals surface area contributed by atoms with Gasteiger partial charge < -0.3 is 5.32 Å². The number of rotatable bonds is 4. The zero-order valence-electron chi connectivity index (χ0n) is 14.1. The summed E-state index contributed by atoms with van der Waals surface area (Å²) in [6.07, 6.45) is 0.541. The second-order valence-electron chi connectivity index (χ2n) is 6.15. The summed E-state index contributed by atoms with van der Waals surface area (Å²) in [5, 5.41) is 2.64. The molecule has 1 amide bonds. The lowest BCUT2D eigenvalue weighted by molar-refractivity contribution is 0.0939. The zero-order chi connectivity index (χ0) is 18.9. The quantitative estimate of drug-likeness (QED) is 0.887. The fourth-order valence-corrected chi connectivity index (χ4v) is 4.50. The number of nitrogens with zero attached hydrogens (tertiary/aromatic N) is 1. The van der Waals surface area contributed by atoms with Crippen LogP contribution in [0.5, 0.6) is 0 Å². The van der Waals surface area contributed by atoms with Crippen LogP contribution in [0.15, 0.2) is 42.5 Å². The summed E-state index contributed by atoms with van der Waals surface area (Å²) in [4.78, 5) is 12.5. The number of halogens is 2. The van der Waals surface area contributed by atoms with Crippen LogP contribution in [-0.2, 0) is 10.0 Å². The van der Waals surface area contributed by atoms with E-state index in [0.717, 1.165) is 12.1 Å². The number of carbonyl (C=O) groups is 1. The van der Waals surface area contributed by atoms with Crippen molar-refractivity contribution in [2.45, 2.75) is 19.4 Å². The van der Waals surface area contributed by atoms with Gasteiger partial charge in [-0.2, -0.15) is 0 Å². The van der Waals surface area contributed by atoms with Gasteiger partial charge in [-0.05, 0) is 37.6 Å². The summed E-state index contributed by atoms with van der Waals surface area (Å²) >= 11 is 0. The number of amides is 1. The van der Waals surface area contributed by atoms with Crippen LogP contribution >= 0.6 is 0 Å². The van der Waals surface area contributed by atoms with Crippen molar-refractivity contribution in [2.24, 2.45) is 0 Å². The maximum Gasteiger partial charge on any atom is 0.251 e. The van der Waals surface area contributed by atoms with E-state index in [2.05, 4.69) is 5.32 Å². The van der Waals surface area contributed by atoms with Gasteiger partial charge in [-0.25, -0.2) is 17.2 Å². The monoisotopic (exact) mass is 380 g/mol. The van der Waals surface area contributed by atoms with Gasteiger partial charge >= 0.3 is 0 Å². The van der Waals surface area contributed by atoms with Gasteiger partial charge in [0.05, 0.1) is 17.5 Å². The molecule has 1 saturated heterocycles. The molecule has 1 fully saturated rings. The summed E-state index contributed by atoms with van der Waals surface area (Å²) in [5.41, 5.74) is 0.854. The number of nitrogens with one attached hydrogen (secondary N) is 1. The predicted molar refractivity (Wildman–Crippen MR) is 94.4 cm³/mol. The molecule has 0 aliphatic carbocycles. The second-order valence-corrected chi connectivity index (χ2v) is 8.17. The average molecular weight is 380 g/mol. The SMILES string of the molecule is C[C@@H](NC(=O)c1cccc(N2CCCS2(=O)=O)c1)c1ccc(F)cc1F. The number of carbonyl (C=O) groups excluding carboxylic acids is 1. The fraction of sp³-hybridized carbons (Fsp3) is 0.278. The van der Waals surface area contributed by atoms with E-state index >= 15 is 0 Å². The Morgan fingerprint density at radius 3 is 2.62 bits per heavy atom. The summed E-state index contributed by atoms with van der Waals surface area (Å²) in [6, 6.07) is 8.76. The van der Waals surface area contributed by atoms with Gasteiger partial charge in [0, 0.05) is 23.7 Å². The molecule has 138 valence electrons. The highest BCUT2D eigenvalue weighted by Crippen LogP contribution is 2.25.